The van der Waals surface area contributed by atoms with Crippen LogP contribution in [0.4, 0.5) is 16.0 Å². The lowest BCUT2D eigenvalue weighted by Gasteiger charge is -2.34. The zero-order valence-electron chi connectivity index (χ0n) is 22.9. The van der Waals surface area contributed by atoms with E-state index in [0.717, 1.165) is 63.1 Å². The summed E-state index contributed by atoms with van der Waals surface area (Å²) in [6, 6.07) is 12.2. The summed E-state index contributed by atoms with van der Waals surface area (Å²) in [5.41, 5.74) is 7.95. The monoisotopic (exact) mass is 573 g/mol. The molecular weight excluding hydrogens is 541 g/mol. The number of halogens is 2. The number of nitrogen functional groups attached to an aromatic ring is 1. The maximum absolute atomic E-state index is 16.7. The second-order valence-corrected chi connectivity index (χ2v) is 12.5. The van der Waals surface area contributed by atoms with Crippen molar-refractivity contribution in [2.24, 2.45) is 0 Å². The number of fused-ring (bicyclic) bond motifs is 5. The molecule has 0 aliphatic carbocycles. The first kappa shape index (κ1) is 25.4. The highest BCUT2D eigenvalue weighted by Crippen LogP contribution is 2.43. The number of nitrogens with two attached hydrogens (primary N) is 1. The van der Waals surface area contributed by atoms with Crippen molar-refractivity contribution in [2.45, 2.75) is 56.1 Å². The number of para-hydroxylation sites is 1. The first-order valence-corrected chi connectivity index (χ1v) is 15.1. The fourth-order valence-electron chi connectivity index (χ4n) is 7.73. The summed E-state index contributed by atoms with van der Waals surface area (Å²) in [6.07, 6.45) is 6.86. The molecule has 10 heteroatoms. The zero-order valence-corrected chi connectivity index (χ0v) is 23.6. The molecule has 0 spiro atoms. The van der Waals surface area contributed by atoms with Crippen LogP contribution in [0.3, 0.4) is 0 Å². The van der Waals surface area contributed by atoms with Crippen molar-refractivity contribution in [2.75, 3.05) is 43.4 Å². The summed E-state index contributed by atoms with van der Waals surface area (Å²) < 4.78 is 23.1. The largest absolute Gasteiger partial charge is 0.461 e. The summed E-state index contributed by atoms with van der Waals surface area (Å²) in [5, 5.41) is 5.31. The van der Waals surface area contributed by atoms with Crippen LogP contribution in [0, 0.1) is 5.82 Å². The van der Waals surface area contributed by atoms with Crippen LogP contribution >= 0.6 is 11.6 Å². The second-order valence-electron chi connectivity index (χ2n) is 12.1. The highest BCUT2D eigenvalue weighted by atomic mass is 35.5. The predicted octanol–water partition coefficient (Wildman–Crippen LogP) is 5.17. The van der Waals surface area contributed by atoms with Crippen LogP contribution in [-0.4, -0.2) is 70.3 Å². The molecule has 4 aromatic rings. The molecule has 8 nitrogen and oxygen atoms in total. The summed E-state index contributed by atoms with van der Waals surface area (Å²) in [4.78, 5) is 18.9. The molecule has 0 saturated carbocycles. The fraction of sp³-hybridized carbons (Fsp3) is 0.452. The number of pyridine rings is 1. The third-order valence-electron chi connectivity index (χ3n) is 9.69. The smallest absolute Gasteiger partial charge is 0.319 e. The van der Waals surface area contributed by atoms with Crippen LogP contribution in [0.2, 0.25) is 5.02 Å². The summed E-state index contributed by atoms with van der Waals surface area (Å²) in [5.74, 6) is 0.431. The number of aromatic nitrogens is 3. The topological polar surface area (TPSA) is 92.4 Å². The van der Waals surface area contributed by atoms with Crippen molar-refractivity contribution in [1.82, 2.24) is 25.2 Å². The van der Waals surface area contributed by atoms with Gasteiger partial charge in [0.1, 0.15) is 23.8 Å². The van der Waals surface area contributed by atoms with Crippen LogP contribution in [0.1, 0.15) is 38.5 Å². The van der Waals surface area contributed by atoms with Gasteiger partial charge in [-0.3, -0.25) is 4.90 Å². The van der Waals surface area contributed by atoms with Crippen LogP contribution in [0.15, 0.2) is 36.4 Å². The van der Waals surface area contributed by atoms with Gasteiger partial charge in [0.25, 0.3) is 0 Å². The highest BCUT2D eigenvalue weighted by Gasteiger charge is 2.45. The van der Waals surface area contributed by atoms with Crippen molar-refractivity contribution >= 4 is 45.0 Å². The van der Waals surface area contributed by atoms with Gasteiger partial charge < -0.3 is 20.7 Å². The molecule has 41 heavy (non-hydrogen) atoms. The molecule has 2 bridgehead atoms. The molecule has 2 aromatic carbocycles. The van der Waals surface area contributed by atoms with Crippen LogP contribution in [-0.2, 0) is 0 Å². The Labute approximate surface area is 243 Å². The van der Waals surface area contributed by atoms with E-state index in [1.54, 1.807) is 6.07 Å². The van der Waals surface area contributed by atoms with Crippen molar-refractivity contribution in [3.63, 3.8) is 0 Å². The Morgan fingerprint density at radius 3 is 2.54 bits per heavy atom. The molecule has 2 aromatic heterocycles. The number of ether oxygens (including phenoxy) is 1. The minimum absolute atomic E-state index is 0.0357. The average molecular weight is 574 g/mol. The van der Waals surface area contributed by atoms with Gasteiger partial charge in [-0.15, -0.1) is 0 Å². The summed E-state index contributed by atoms with van der Waals surface area (Å²) in [7, 11) is 0. The Morgan fingerprint density at radius 1 is 1.00 bits per heavy atom. The lowest BCUT2D eigenvalue weighted by Crippen LogP contribution is -2.51. The van der Waals surface area contributed by atoms with Gasteiger partial charge in [-0.2, -0.15) is 9.97 Å². The molecule has 2 unspecified atom stereocenters. The maximum Gasteiger partial charge on any atom is 0.319 e. The SMILES string of the molecule is Nc1nc2ccccc2c(-c2ccc3c(N4CC5CCC(C4)N5)nc(OCC45CCCN4CCC5)nc3c2F)c1Cl. The number of hydrogen-bond acceptors (Lipinski definition) is 8. The molecule has 2 atom stereocenters. The van der Waals surface area contributed by atoms with E-state index >= 15 is 4.39 Å². The Balaban J connectivity index is 1.27. The molecule has 8 rings (SSSR count). The van der Waals surface area contributed by atoms with E-state index in [4.69, 9.17) is 32.0 Å². The zero-order chi connectivity index (χ0) is 27.7. The number of nitrogens with one attached hydrogen (secondary N) is 1. The number of hydrogen-bond donors (Lipinski definition) is 2. The normalized spacial score (nSPS) is 23.5. The van der Waals surface area contributed by atoms with Crippen molar-refractivity contribution < 1.29 is 9.13 Å². The maximum atomic E-state index is 16.7. The molecule has 4 aliphatic rings. The Hall–Kier alpha value is -3.27. The third kappa shape index (κ3) is 4.12. The van der Waals surface area contributed by atoms with Gasteiger partial charge in [0, 0.05) is 47.1 Å². The Kier molecular flexibility index (Phi) is 5.98. The first-order chi connectivity index (χ1) is 20.0. The summed E-state index contributed by atoms with van der Waals surface area (Å²) in [6.45, 7) is 4.38. The molecule has 6 heterocycles. The Bertz CT molecular complexity index is 1660. The number of rotatable bonds is 5. The first-order valence-electron chi connectivity index (χ1n) is 14.7. The molecule has 212 valence electrons. The fourth-order valence-corrected chi connectivity index (χ4v) is 7.97. The lowest BCUT2D eigenvalue weighted by atomic mass is 9.95. The van der Waals surface area contributed by atoms with Crippen LogP contribution < -0.4 is 20.7 Å². The lowest BCUT2D eigenvalue weighted by molar-refractivity contribution is 0.108. The van der Waals surface area contributed by atoms with Gasteiger partial charge in [0.2, 0.25) is 0 Å². The van der Waals surface area contributed by atoms with Crippen LogP contribution in [0.25, 0.3) is 32.9 Å². The van der Waals surface area contributed by atoms with Gasteiger partial charge in [-0.25, -0.2) is 9.37 Å². The number of piperazine rings is 1. The second kappa shape index (κ2) is 9.64. The predicted molar refractivity (Wildman–Crippen MR) is 160 cm³/mol. The van der Waals surface area contributed by atoms with E-state index in [9.17, 15) is 0 Å². The average Bonchev–Trinajstić information content (AvgIpc) is 3.67. The molecule has 4 aliphatic heterocycles. The van der Waals surface area contributed by atoms with E-state index in [1.807, 2.05) is 30.3 Å². The number of anilines is 2. The minimum Gasteiger partial charge on any atom is -0.461 e. The third-order valence-corrected chi connectivity index (χ3v) is 10.1. The number of nitrogens with zero attached hydrogens (tertiary/aromatic N) is 5. The van der Waals surface area contributed by atoms with Crippen molar-refractivity contribution in [3.8, 4) is 17.1 Å². The van der Waals surface area contributed by atoms with Crippen molar-refractivity contribution in [1.29, 1.82) is 0 Å². The number of benzene rings is 2. The Morgan fingerprint density at radius 2 is 1.76 bits per heavy atom. The van der Waals surface area contributed by atoms with E-state index in [1.165, 1.54) is 12.8 Å². The van der Waals surface area contributed by atoms with E-state index in [-0.39, 0.29) is 27.9 Å². The van der Waals surface area contributed by atoms with Crippen molar-refractivity contribution in [3.05, 3.63) is 47.2 Å². The summed E-state index contributed by atoms with van der Waals surface area (Å²) >= 11 is 6.70. The van der Waals surface area contributed by atoms with E-state index < -0.39 is 5.82 Å². The van der Waals surface area contributed by atoms with E-state index in [2.05, 4.69) is 20.1 Å². The van der Waals surface area contributed by atoms with Gasteiger partial charge in [-0.1, -0.05) is 35.9 Å². The molecule has 3 N–H and O–H groups in total. The van der Waals surface area contributed by atoms with Crippen LogP contribution in [0.5, 0.6) is 6.01 Å². The molecule has 0 amide bonds. The molecule has 4 fully saturated rings. The quantitative estimate of drug-likeness (QED) is 0.338. The molecule has 4 saturated heterocycles. The highest BCUT2D eigenvalue weighted by molar-refractivity contribution is 6.37. The van der Waals surface area contributed by atoms with Gasteiger partial charge in [0.05, 0.1) is 16.1 Å². The van der Waals surface area contributed by atoms with Gasteiger partial charge in [-0.05, 0) is 63.7 Å². The van der Waals surface area contributed by atoms with E-state index in [0.29, 0.717) is 40.7 Å². The van der Waals surface area contributed by atoms with Gasteiger partial charge in [0.15, 0.2) is 5.82 Å². The van der Waals surface area contributed by atoms with Gasteiger partial charge >= 0.3 is 6.01 Å². The standard InChI is InChI=1S/C31H33ClFN7O/c32-25-24(20-5-1-2-6-23(20)36-28(25)34)21-9-10-22-27(26(21)33)37-30(41-17-31-11-3-13-40(31)14-4-12-31)38-29(22)39-15-18-7-8-19(16-39)35-18/h1-2,5-6,9-10,18-19,35H,3-4,7-8,11-17H2,(H2,34,36). The molecular formula is C31H33ClFN7O. The minimum atomic E-state index is -0.465. The molecule has 0 radical (unpaired) electrons.